The summed E-state index contributed by atoms with van der Waals surface area (Å²) in [5, 5.41) is 9.93. The molecule has 2 heterocycles. The van der Waals surface area contributed by atoms with Gasteiger partial charge in [0.1, 0.15) is 5.52 Å². The van der Waals surface area contributed by atoms with Crippen molar-refractivity contribution in [2.75, 3.05) is 5.32 Å². The Morgan fingerprint density at radius 1 is 1.10 bits per heavy atom. The van der Waals surface area contributed by atoms with Gasteiger partial charge in [0.2, 0.25) is 0 Å². The first-order valence-electron chi connectivity index (χ1n) is 5.93. The van der Waals surface area contributed by atoms with Gasteiger partial charge in [-0.1, -0.05) is 0 Å². The summed E-state index contributed by atoms with van der Waals surface area (Å²) in [6.45, 7) is 0. The number of alkyl halides is 3. The van der Waals surface area contributed by atoms with Crippen LogP contribution in [0.15, 0.2) is 47.5 Å². The zero-order chi connectivity index (χ0) is 14.9. The lowest BCUT2D eigenvalue weighted by Gasteiger charge is -2.07. The van der Waals surface area contributed by atoms with Gasteiger partial charge >= 0.3 is 5.51 Å². The fraction of sp³-hybridized carbons (Fsp3) is 0.0769. The van der Waals surface area contributed by atoms with Gasteiger partial charge < -0.3 is 5.32 Å². The number of aromatic amines is 1. The van der Waals surface area contributed by atoms with E-state index < -0.39 is 5.51 Å². The number of pyridine rings is 1. The zero-order valence-corrected chi connectivity index (χ0v) is 11.3. The third-order valence-corrected chi connectivity index (χ3v) is 3.41. The van der Waals surface area contributed by atoms with Crippen LogP contribution in [-0.4, -0.2) is 20.7 Å². The summed E-state index contributed by atoms with van der Waals surface area (Å²) in [7, 11) is 0. The highest BCUT2D eigenvalue weighted by Crippen LogP contribution is 2.37. The molecule has 2 aromatic heterocycles. The molecule has 108 valence electrons. The number of halogens is 3. The lowest BCUT2D eigenvalue weighted by molar-refractivity contribution is -0.0328. The van der Waals surface area contributed by atoms with Crippen molar-refractivity contribution < 1.29 is 13.2 Å². The summed E-state index contributed by atoms with van der Waals surface area (Å²) >= 11 is -0.142. The first-order valence-corrected chi connectivity index (χ1v) is 6.75. The van der Waals surface area contributed by atoms with Crippen molar-refractivity contribution in [1.82, 2.24) is 15.2 Å². The first kappa shape index (κ1) is 13.7. The van der Waals surface area contributed by atoms with E-state index in [0.717, 1.165) is 5.52 Å². The minimum atomic E-state index is -4.28. The molecule has 21 heavy (non-hydrogen) atoms. The number of fused-ring (bicyclic) bond motifs is 1. The van der Waals surface area contributed by atoms with Crippen LogP contribution in [0.1, 0.15) is 0 Å². The second-order valence-corrected chi connectivity index (χ2v) is 5.31. The van der Waals surface area contributed by atoms with Crippen LogP contribution in [0.3, 0.4) is 0 Å². The summed E-state index contributed by atoms with van der Waals surface area (Å²) in [6, 6.07) is 9.57. The van der Waals surface area contributed by atoms with E-state index in [0.29, 0.717) is 17.0 Å². The summed E-state index contributed by atoms with van der Waals surface area (Å²) in [4.78, 5) is 4.33. The van der Waals surface area contributed by atoms with E-state index in [2.05, 4.69) is 20.5 Å². The predicted octanol–water partition coefficient (Wildman–Crippen LogP) is 4.31. The Labute approximate surface area is 121 Å². The van der Waals surface area contributed by atoms with E-state index in [-0.39, 0.29) is 16.7 Å². The van der Waals surface area contributed by atoms with Crippen molar-refractivity contribution in [3.8, 4) is 0 Å². The molecule has 0 spiro atoms. The number of thioether (sulfide) groups is 1. The van der Waals surface area contributed by atoms with E-state index in [1.165, 1.54) is 12.1 Å². The number of aromatic nitrogens is 3. The van der Waals surface area contributed by atoms with Crippen LogP contribution in [0.4, 0.5) is 24.7 Å². The highest BCUT2D eigenvalue weighted by atomic mass is 32.2. The second-order valence-electron chi connectivity index (χ2n) is 4.17. The van der Waals surface area contributed by atoms with Gasteiger partial charge in [0.15, 0.2) is 5.82 Å². The Morgan fingerprint density at radius 2 is 1.86 bits per heavy atom. The van der Waals surface area contributed by atoms with E-state index in [1.807, 2.05) is 6.07 Å². The highest BCUT2D eigenvalue weighted by Gasteiger charge is 2.28. The number of H-pyrrole nitrogens is 1. The molecule has 3 rings (SSSR count). The average molecular weight is 310 g/mol. The largest absolute Gasteiger partial charge is 0.446 e. The molecule has 8 heteroatoms. The van der Waals surface area contributed by atoms with Gasteiger partial charge in [0, 0.05) is 16.8 Å². The van der Waals surface area contributed by atoms with Gasteiger partial charge in [-0.3, -0.25) is 10.1 Å². The molecule has 0 bridgehead atoms. The molecule has 0 unspecified atom stereocenters. The van der Waals surface area contributed by atoms with Gasteiger partial charge in [-0.25, -0.2) is 0 Å². The molecular weight excluding hydrogens is 301 g/mol. The van der Waals surface area contributed by atoms with Gasteiger partial charge in [0.25, 0.3) is 0 Å². The summed E-state index contributed by atoms with van der Waals surface area (Å²) in [6.07, 6.45) is 1.64. The fourth-order valence-corrected chi connectivity index (χ4v) is 2.36. The molecule has 3 aromatic rings. The number of hydrogen-bond acceptors (Lipinski definition) is 4. The number of anilines is 2. The number of nitrogens with one attached hydrogen (secondary N) is 2. The van der Waals surface area contributed by atoms with E-state index in [4.69, 9.17) is 0 Å². The molecule has 0 saturated heterocycles. The number of hydrogen-bond donors (Lipinski definition) is 2. The zero-order valence-electron chi connectivity index (χ0n) is 10.5. The van der Waals surface area contributed by atoms with Crippen LogP contribution >= 0.6 is 11.8 Å². The van der Waals surface area contributed by atoms with Crippen LogP contribution in [0, 0.1) is 0 Å². The molecule has 0 aliphatic heterocycles. The molecule has 2 N–H and O–H groups in total. The minimum Gasteiger partial charge on any atom is -0.337 e. The second kappa shape index (κ2) is 5.28. The van der Waals surface area contributed by atoms with Crippen molar-refractivity contribution in [1.29, 1.82) is 0 Å². The topological polar surface area (TPSA) is 53.6 Å². The smallest absolute Gasteiger partial charge is 0.337 e. The monoisotopic (exact) mass is 310 g/mol. The average Bonchev–Trinajstić information content (AvgIpc) is 2.83. The van der Waals surface area contributed by atoms with Crippen LogP contribution in [0.2, 0.25) is 0 Å². The maximum atomic E-state index is 12.2. The Bertz CT molecular complexity index is 752. The molecule has 0 aliphatic rings. The molecule has 0 aliphatic carbocycles. The molecule has 0 atom stereocenters. The Hall–Kier alpha value is -2.22. The van der Waals surface area contributed by atoms with E-state index >= 15 is 0 Å². The molecule has 0 amide bonds. The van der Waals surface area contributed by atoms with Crippen LogP contribution < -0.4 is 5.32 Å². The Balaban J connectivity index is 1.79. The standard InChI is InChI=1S/C13H9F3N4S/c14-13(15,16)21-9-5-3-8(4-6-9)18-12-11-10(19-20-12)2-1-7-17-11/h1-7H,(H2,18,19,20). The number of rotatable bonds is 3. The molecule has 4 nitrogen and oxygen atoms in total. The quantitative estimate of drug-likeness (QED) is 0.708. The van der Waals surface area contributed by atoms with Crippen LogP contribution in [0.5, 0.6) is 0 Å². The van der Waals surface area contributed by atoms with Crippen molar-refractivity contribution in [3.63, 3.8) is 0 Å². The summed E-state index contributed by atoms with van der Waals surface area (Å²) in [5.41, 5.74) is -2.19. The van der Waals surface area contributed by atoms with Crippen molar-refractivity contribution in [3.05, 3.63) is 42.6 Å². The number of benzene rings is 1. The molecular formula is C13H9F3N4S. The highest BCUT2D eigenvalue weighted by molar-refractivity contribution is 8.00. The van der Waals surface area contributed by atoms with Crippen molar-refractivity contribution in [2.45, 2.75) is 10.4 Å². The molecule has 1 aromatic carbocycles. The van der Waals surface area contributed by atoms with Gasteiger partial charge in [0.05, 0.1) is 5.52 Å². The molecule has 0 fully saturated rings. The van der Waals surface area contributed by atoms with Crippen molar-refractivity contribution in [2.24, 2.45) is 0 Å². The van der Waals surface area contributed by atoms with E-state index in [1.54, 1.807) is 24.4 Å². The fourth-order valence-electron chi connectivity index (χ4n) is 1.82. The third-order valence-electron chi connectivity index (χ3n) is 2.67. The SMILES string of the molecule is FC(F)(F)Sc1ccc(Nc2n[nH]c3cccnc23)cc1. The lowest BCUT2D eigenvalue weighted by atomic mass is 10.3. The van der Waals surface area contributed by atoms with Gasteiger partial charge in [-0.05, 0) is 48.2 Å². The maximum absolute atomic E-state index is 12.2. The van der Waals surface area contributed by atoms with Gasteiger partial charge in [-0.2, -0.15) is 18.3 Å². The first-order chi connectivity index (χ1) is 10.0. The normalized spacial score (nSPS) is 11.8. The van der Waals surface area contributed by atoms with Gasteiger partial charge in [-0.15, -0.1) is 0 Å². The van der Waals surface area contributed by atoms with Crippen molar-refractivity contribution >= 4 is 34.3 Å². The number of nitrogens with zero attached hydrogens (tertiary/aromatic N) is 2. The maximum Gasteiger partial charge on any atom is 0.446 e. The Morgan fingerprint density at radius 3 is 2.57 bits per heavy atom. The van der Waals surface area contributed by atoms with E-state index in [9.17, 15) is 13.2 Å². The van der Waals surface area contributed by atoms with Crippen LogP contribution in [0.25, 0.3) is 11.0 Å². The summed E-state index contributed by atoms with van der Waals surface area (Å²) in [5.74, 6) is 0.529. The lowest BCUT2D eigenvalue weighted by Crippen LogP contribution is -1.99. The molecule has 0 saturated carbocycles. The third kappa shape index (κ3) is 3.27. The molecule has 0 radical (unpaired) electrons. The van der Waals surface area contributed by atoms with Crippen LogP contribution in [-0.2, 0) is 0 Å². The summed E-state index contributed by atoms with van der Waals surface area (Å²) < 4.78 is 36.7. The minimum absolute atomic E-state index is 0.137. The Kier molecular flexibility index (Phi) is 3.46. The predicted molar refractivity (Wildman–Crippen MR) is 75.5 cm³/mol.